The van der Waals surface area contributed by atoms with E-state index in [2.05, 4.69) is 16.0 Å². The number of amides is 1. The molecule has 1 amide bonds. The van der Waals surface area contributed by atoms with E-state index in [0.717, 1.165) is 5.56 Å². The van der Waals surface area contributed by atoms with Crippen molar-refractivity contribution in [3.8, 4) is 6.07 Å². The van der Waals surface area contributed by atoms with Gasteiger partial charge in [0.25, 0.3) is 0 Å². The van der Waals surface area contributed by atoms with Crippen LogP contribution in [0.25, 0.3) is 0 Å². The van der Waals surface area contributed by atoms with Crippen LogP contribution in [0.15, 0.2) is 30.6 Å². The van der Waals surface area contributed by atoms with Crippen LogP contribution in [0.5, 0.6) is 0 Å². The maximum Gasteiger partial charge on any atom is 0.219 e. The fourth-order valence-corrected chi connectivity index (χ4v) is 4.40. The fourth-order valence-electron chi connectivity index (χ4n) is 4.40. The zero-order valence-corrected chi connectivity index (χ0v) is 14.8. The molecule has 0 unspecified atom stereocenters. The molecule has 3 heterocycles. The molecule has 8 heteroatoms. The van der Waals surface area contributed by atoms with Crippen molar-refractivity contribution in [2.45, 2.75) is 13.0 Å². The second-order valence-corrected chi connectivity index (χ2v) is 7.07. The summed E-state index contributed by atoms with van der Waals surface area (Å²) in [6, 6.07) is 8.31. The molecule has 3 atom stereocenters. The van der Waals surface area contributed by atoms with E-state index >= 15 is 0 Å². The Morgan fingerprint density at radius 1 is 1.33 bits per heavy atom. The summed E-state index contributed by atoms with van der Waals surface area (Å²) in [7, 11) is 0. The molecule has 1 aromatic carbocycles. The average molecular weight is 366 g/mol. The van der Waals surface area contributed by atoms with Crippen molar-refractivity contribution in [3.05, 3.63) is 47.5 Å². The van der Waals surface area contributed by atoms with E-state index < -0.39 is 0 Å². The Morgan fingerprint density at radius 3 is 2.85 bits per heavy atom. The number of anilines is 2. The summed E-state index contributed by atoms with van der Waals surface area (Å²) in [6.07, 6.45) is 1.35. The average Bonchev–Trinajstić information content (AvgIpc) is 3.19. The van der Waals surface area contributed by atoms with Crippen molar-refractivity contribution < 1.29 is 9.18 Å². The van der Waals surface area contributed by atoms with Gasteiger partial charge < -0.3 is 15.5 Å². The lowest BCUT2D eigenvalue weighted by atomic mass is 9.89. The molecule has 2 aromatic rings. The highest BCUT2D eigenvalue weighted by atomic mass is 19.1. The Morgan fingerprint density at radius 2 is 2.15 bits per heavy atom. The minimum Gasteiger partial charge on any atom is -0.382 e. The number of nitrogens with zero attached hydrogens (tertiary/aromatic N) is 5. The number of likely N-dealkylation sites (tertiary alicyclic amines) is 1. The van der Waals surface area contributed by atoms with Crippen molar-refractivity contribution in [1.82, 2.24) is 14.9 Å². The first-order valence-electron chi connectivity index (χ1n) is 8.77. The second-order valence-electron chi connectivity index (χ2n) is 7.07. The number of halogens is 1. The normalized spacial score (nSPS) is 24.0. The summed E-state index contributed by atoms with van der Waals surface area (Å²) in [5, 5.41) is 9.41. The lowest BCUT2D eigenvalue weighted by Gasteiger charge is -2.29. The Kier molecular flexibility index (Phi) is 4.15. The van der Waals surface area contributed by atoms with E-state index in [1.807, 2.05) is 15.9 Å². The van der Waals surface area contributed by atoms with Crippen LogP contribution in [0, 0.1) is 29.0 Å². The van der Waals surface area contributed by atoms with Gasteiger partial charge in [-0.2, -0.15) is 5.26 Å². The molecule has 0 spiro atoms. The summed E-state index contributed by atoms with van der Waals surface area (Å²) < 4.78 is 13.8. The molecule has 1 aromatic heterocycles. The summed E-state index contributed by atoms with van der Waals surface area (Å²) in [5.74, 6) is 0.681. The summed E-state index contributed by atoms with van der Waals surface area (Å²) >= 11 is 0. The molecule has 2 fully saturated rings. The molecule has 0 aliphatic carbocycles. The molecule has 2 saturated heterocycles. The number of nitrogen functional groups attached to an aromatic ring is 1. The van der Waals surface area contributed by atoms with Crippen LogP contribution in [0.1, 0.15) is 24.1 Å². The highest BCUT2D eigenvalue weighted by molar-refractivity contribution is 5.74. The van der Waals surface area contributed by atoms with Crippen LogP contribution in [0.3, 0.4) is 0 Å². The molecule has 0 bridgehead atoms. The van der Waals surface area contributed by atoms with Crippen molar-refractivity contribution in [2.24, 2.45) is 11.8 Å². The Balaban J connectivity index is 1.68. The van der Waals surface area contributed by atoms with E-state index in [9.17, 15) is 14.4 Å². The largest absolute Gasteiger partial charge is 0.382 e. The number of carbonyl (C=O) groups is 1. The maximum atomic E-state index is 13.8. The predicted octanol–water partition coefficient (Wildman–Crippen LogP) is 1.73. The molecular formula is C19H19FN6O. The third-order valence-electron chi connectivity index (χ3n) is 5.53. The standard InChI is InChI=1S/C19H19FN6O/c1-11(27)26-8-13-7-25(19-15(6-21)18(22)23-10-24-19)9-16(13)17(26)12-3-2-4-14(20)5-12/h2-5,10,13,16-17H,7-9H2,1H3,(H2,22,23,24)/t13-,16-,17+/m1/s1. The molecule has 2 aliphatic heterocycles. The van der Waals surface area contributed by atoms with Crippen molar-refractivity contribution >= 4 is 17.5 Å². The van der Waals surface area contributed by atoms with E-state index in [0.29, 0.717) is 25.5 Å². The molecule has 27 heavy (non-hydrogen) atoms. The minimum absolute atomic E-state index is 0.0193. The van der Waals surface area contributed by atoms with Gasteiger partial charge in [-0.1, -0.05) is 12.1 Å². The van der Waals surface area contributed by atoms with Crippen molar-refractivity contribution in [1.29, 1.82) is 5.26 Å². The minimum atomic E-state index is -0.315. The van der Waals surface area contributed by atoms with Crippen LogP contribution in [0.2, 0.25) is 0 Å². The van der Waals surface area contributed by atoms with E-state index in [1.54, 1.807) is 13.0 Å². The summed E-state index contributed by atoms with van der Waals surface area (Å²) in [4.78, 5) is 24.2. The van der Waals surface area contributed by atoms with Gasteiger partial charge in [0.2, 0.25) is 5.91 Å². The monoisotopic (exact) mass is 366 g/mol. The number of fused-ring (bicyclic) bond motifs is 1. The quantitative estimate of drug-likeness (QED) is 0.869. The van der Waals surface area contributed by atoms with Crippen LogP contribution in [0.4, 0.5) is 16.0 Å². The van der Waals surface area contributed by atoms with Gasteiger partial charge in [0.1, 0.15) is 29.6 Å². The molecule has 2 aliphatic rings. The number of nitriles is 1. The molecule has 0 saturated carbocycles. The lowest BCUT2D eigenvalue weighted by molar-refractivity contribution is -0.130. The first kappa shape index (κ1) is 17.2. The highest BCUT2D eigenvalue weighted by Crippen LogP contribution is 2.46. The molecule has 4 rings (SSSR count). The molecule has 2 N–H and O–H groups in total. The van der Waals surface area contributed by atoms with Crippen LogP contribution < -0.4 is 10.6 Å². The van der Waals surface area contributed by atoms with Crippen molar-refractivity contribution in [2.75, 3.05) is 30.3 Å². The van der Waals surface area contributed by atoms with E-state index in [4.69, 9.17) is 5.73 Å². The topological polar surface area (TPSA) is 99.1 Å². The molecular weight excluding hydrogens is 347 g/mol. The number of benzene rings is 1. The fraction of sp³-hybridized carbons (Fsp3) is 0.368. The van der Waals surface area contributed by atoms with Gasteiger partial charge in [-0.15, -0.1) is 0 Å². The van der Waals surface area contributed by atoms with Gasteiger partial charge in [0.05, 0.1) is 6.04 Å². The van der Waals surface area contributed by atoms with E-state index in [1.165, 1.54) is 18.5 Å². The van der Waals surface area contributed by atoms with Gasteiger partial charge in [-0.3, -0.25) is 4.79 Å². The van der Waals surface area contributed by atoms with Crippen LogP contribution in [-0.2, 0) is 4.79 Å². The first-order chi connectivity index (χ1) is 13.0. The zero-order valence-electron chi connectivity index (χ0n) is 14.8. The zero-order chi connectivity index (χ0) is 19.1. The number of rotatable bonds is 2. The molecule has 7 nitrogen and oxygen atoms in total. The van der Waals surface area contributed by atoms with Gasteiger partial charge >= 0.3 is 0 Å². The van der Waals surface area contributed by atoms with Gasteiger partial charge in [0.15, 0.2) is 5.82 Å². The smallest absolute Gasteiger partial charge is 0.219 e. The van der Waals surface area contributed by atoms with Gasteiger partial charge in [-0.25, -0.2) is 14.4 Å². The number of aromatic nitrogens is 2. The predicted molar refractivity (Wildman–Crippen MR) is 96.9 cm³/mol. The van der Waals surface area contributed by atoms with Crippen LogP contribution in [-0.4, -0.2) is 40.4 Å². The van der Waals surface area contributed by atoms with Crippen LogP contribution >= 0.6 is 0 Å². The maximum absolute atomic E-state index is 13.8. The molecule has 0 radical (unpaired) electrons. The number of nitrogens with two attached hydrogens (primary N) is 1. The molecule has 138 valence electrons. The summed E-state index contributed by atoms with van der Waals surface area (Å²) in [6.45, 7) is 3.41. The second kappa shape index (κ2) is 6.50. The Bertz CT molecular complexity index is 942. The van der Waals surface area contributed by atoms with E-state index in [-0.39, 0.29) is 41.0 Å². The van der Waals surface area contributed by atoms with Gasteiger partial charge in [0, 0.05) is 38.4 Å². The lowest BCUT2D eigenvalue weighted by Crippen LogP contribution is -2.34. The van der Waals surface area contributed by atoms with Crippen molar-refractivity contribution in [3.63, 3.8) is 0 Å². The third kappa shape index (κ3) is 2.85. The number of hydrogen-bond acceptors (Lipinski definition) is 6. The summed E-state index contributed by atoms with van der Waals surface area (Å²) in [5.41, 5.74) is 6.88. The number of carbonyl (C=O) groups excluding carboxylic acids is 1. The Hall–Kier alpha value is -3.21. The first-order valence-corrected chi connectivity index (χ1v) is 8.77. The third-order valence-corrected chi connectivity index (χ3v) is 5.53. The SMILES string of the molecule is CC(=O)N1C[C@H]2CN(c3ncnc(N)c3C#N)C[C@H]2[C@@H]1c1cccc(F)c1. The number of hydrogen-bond donors (Lipinski definition) is 1. The Labute approximate surface area is 156 Å². The highest BCUT2D eigenvalue weighted by Gasteiger charge is 2.49. The van der Waals surface area contributed by atoms with Gasteiger partial charge in [-0.05, 0) is 17.7 Å².